The van der Waals surface area contributed by atoms with Gasteiger partial charge in [0.25, 0.3) is 0 Å². The van der Waals surface area contributed by atoms with Crippen molar-refractivity contribution in [2.24, 2.45) is 5.92 Å². The zero-order valence-electron chi connectivity index (χ0n) is 19.1. The molecular formula is C28H22FN3O3. The highest BCUT2D eigenvalue weighted by Gasteiger charge is 2.40. The van der Waals surface area contributed by atoms with Crippen LogP contribution in [0.3, 0.4) is 0 Å². The largest absolute Gasteiger partial charge is 0.481 e. The van der Waals surface area contributed by atoms with Gasteiger partial charge in [-0.05, 0) is 71.8 Å². The van der Waals surface area contributed by atoms with Crippen molar-refractivity contribution in [2.75, 3.05) is 13.1 Å². The molecule has 1 aliphatic carbocycles. The number of hydrogen-bond acceptors (Lipinski definition) is 5. The number of nitrogens with zero attached hydrogens (tertiary/aromatic N) is 3. The van der Waals surface area contributed by atoms with Gasteiger partial charge in [0, 0.05) is 24.7 Å². The Kier molecular flexibility index (Phi) is 4.94. The first-order valence-electron chi connectivity index (χ1n) is 11.6. The predicted molar refractivity (Wildman–Crippen MR) is 128 cm³/mol. The van der Waals surface area contributed by atoms with E-state index in [4.69, 9.17) is 9.40 Å². The molecule has 6 rings (SSSR count). The van der Waals surface area contributed by atoms with Crippen LogP contribution in [0.4, 0.5) is 4.39 Å². The second-order valence-electron chi connectivity index (χ2n) is 9.33. The number of benzene rings is 3. The summed E-state index contributed by atoms with van der Waals surface area (Å²) in [4.78, 5) is 18.2. The Bertz CT molecular complexity index is 1550. The van der Waals surface area contributed by atoms with Crippen LogP contribution in [0.1, 0.15) is 34.7 Å². The topological polar surface area (TPSA) is 90.4 Å². The fourth-order valence-electron chi connectivity index (χ4n) is 5.50. The molecule has 1 aromatic heterocycles. The van der Waals surface area contributed by atoms with Crippen LogP contribution in [-0.2, 0) is 11.2 Å². The van der Waals surface area contributed by atoms with Gasteiger partial charge in [0.1, 0.15) is 23.0 Å². The maximum absolute atomic E-state index is 13.8. The molecule has 1 saturated heterocycles. The molecule has 1 N–H and O–H groups in total. The third kappa shape index (κ3) is 3.41. The highest BCUT2D eigenvalue weighted by atomic mass is 19.1. The maximum atomic E-state index is 13.8. The fourth-order valence-corrected chi connectivity index (χ4v) is 5.50. The quantitative estimate of drug-likeness (QED) is 0.427. The minimum absolute atomic E-state index is 0.0929. The predicted octanol–water partition coefficient (Wildman–Crippen LogP) is 5.48. The minimum Gasteiger partial charge on any atom is -0.481 e. The van der Waals surface area contributed by atoms with E-state index in [0.29, 0.717) is 35.6 Å². The van der Waals surface area contributed by atoms with E-state index in [2.05, 4.69) is 11.0 Å². The van der Waals surface area contributed by atoms with Crippen molar-refractivity contribution in [2.45, 2.75) is 25.8 Å². The van der Waals surface area contributed by atoms with Crippen molar-refractivity contribution >= 4 is 17.1 Å². The number of oxazole rings is 1. The van der Waals surface area contributed by atoms with Gasteiger partial charge in [-0.1, -0.05) is 24.3 Å². The average Bonchev–Trinajstić information content (AvgIpc) is 3.41. The number of rotatable bonds is 4. The van der Waals surface area contributed by atoms with Crippen LogP contribution < -0.4 is 0 Å². The monoisotopic (exact) mass is 467 g/mol. The fraction of sp³-hybridized carbons (Fsp3) is 0.250. The van der Waals surface area contributed by atoms with Gasteiger partial charge in [-0.15, -0.1) is 0 Å². The summed E-state index contributed by atoms with van der Waals surface area (Å²) >= 11 is 0. The van der Waals surface area contributed by atoms with Crippen molar-refractivity contribution in [1.29, 1.82) is 5.26 Å². The van der Waals surface area contributed by atoms with Crippen molar-refractivity contribution in [3.05, 3.63) is 76.6 Å². The Morgan fingerprint density at radius 1 is 1.20 bits per heavy atom. The van der Waals surface area contributed by atoms with E-state index in [-0.39, 0.29) is 17.8 Å². The number of halogens is 1. The first kappa shape index (κ1) is 21.5. The van der Waals surface area contributed by atoms with E-state index < -0.39 is 5.97 Å². The van der Waals surface area contributed by atoms with Crippen LogP contribution in [0.2, 0.25) is 0 Å². The van der Waals surface area contributed by atoms with E-state index in [1.165, 1.54) is 12.1 Å². The summed E-state index contributed by atoms with van der Waals surface area (Å²) in [6.45, 7) is 3.00. The Morgan fingerprint density at radius 2 is 1.97 bits per heavy atom. The molecule has 7 heteroatoms. The molecule has 0 bridgehead atoms. The Balaban J connectivity index is 1.42. The van der Waals surface area contributed by atoms with Crippen molar-refractivity contribution in [1.82, 2.24) is 9.88 Å². The summed E-state index contributed by atoms with van der Waals surface area (Å²) < 4.78 is 20.0. The van der Waals surface area contributed by atoms with E-state index in [9.17, 15) is 19.6 Å². The number of carbonyl (C=O) groups is 1. The van der Waals surface area contributed by atoms with E-state index >= 15 is 0 Å². The van der Waals surface area contributed by atoms with Gasteiger partial charge in [0.05, 0.1) is 5.92 Å². The molecule has 1 aliphatic heterocycles. The van der Waals surface area contributed by atoms with Crippen LogP contribution >= 0.6 is 0 Å². The lowest BCUT2D eigenvalue weighted by Crippen LogP contribution is -2.51. The van der Waals surface area contributed by atoms with Gasteiger partial charge in [-0.2, -0.15) is 5.26 Å². The number of hydrogen-bond donors (Lipinski definition) is 1. The minimum atomic E-state index is -0.760. The summed E-state index contributed by atoms with van der Waals surface area (Å²) in [6, 6.07) is 16.6. The lowest BCUT2D eigenvalue weighted by atomic mass is 9.94. The maximum Gasteiger partial charge on any atom is 0.309 e. The summed E-state index contributed by atoms with van der Waals surface area (Å²) in [5, 5.41) is 19.2. The molecule has 2 aliphatic rings. The normalized spacial score (nSPS) is 17.8. The molecule has 2 heterocycles. The summed E-state index contributed by atoms with van der Waals surface area (Å²) in [7, 11) is 0. The van der Waals surface area contributed by atoms with Crippen LogP contribution in [-0.4, -0.2) is 34.0 Å². The van der Waals surface area contributed by atoms with Crippen LogP contribution in [0.5, 0.6) is 0 Å². The van der Waals surface area contributed by atoms with Gasteiger partial charge < -0.3 is 9.52 Å². The highest BCUT2D eigenvalue weighted by Crippen LogP contribution is 2.44. The van der Waals surface area contributed by atoms with Crippen molar-refractivity contribution in [3.63, 3.8) is 0 Å². The molecule has 3 aromatic carbocycles. The highest BCUT2D eigenvalue weighted by molar-refractivity contribution is 5.86. The van der Waals surface area contributed by atoms with Crippen LogP contribution in [0, 0.1) is 30.0 Å². The molecule has 1 fully saturated rings. The second-order valence-corrected chi connectivity index (χ2v) is 9.33. The van der Waals surface area contributed by atoms with Gasteiger partial charge >= 0.3 is 5.97 Å². The average molecular weight is 468 g/mol. The van der Waals surface area contributed by atoms with Crippen LogP contribution in [0.15, 0.2) is 52.9 Å². The molecule has 0 radical (unpaired) electrons. The van der Waals surface area contributed by atoms with Gasteiger partial charge in [0.2, 0.25) is 5.89 Å². The molecule has 0 unspecified atom stereocenters. The molecule has 35 heavy (non-hydrogen) atoms. The first-order valence-corrected chi connectivity index (χ1v) is 11.6. The second kappa shape index (κ2) is 8.03. The molecule has 0 spiro atoms. The molecule has 1 atom stereocenters. The SMILES string of the molecule is Cc1c(-c2cccc(F)c2)cccc1-c1nc2cc3c(c(C#N)c2o1)CC[C@@H]3N1CC(C(=O)O)C1. The Morgan fingerprint density at radius 3 is 2.71 bits per heavy atom. The standard InChI is InChI=1S/C28H22FN3O3/c1-15-19(16-4-2-5-18(29)10-16)6-3-7-20(15)27-31-24-11-22-21(23(12-30)26(24)35-27)8-9-25(22)32-13-17(14-32)28(33)34/h2-7,10-11,17,25H,8-9,13-14H2,1H3,(H,33,34)/t25-/m0/s1. The zero-order valence-corrected chi connectivity index (χ0v) is 19.1. The number of nitriles is 1. The van der Waals surface area contributed by atoms with Gasteiger partial charge in [0.15, 0.2) is 5.58 Å². The molecule has 0 saturated carbocycles. The molecular weight excluding hydrogens is 445 g/mol. The number of carboxylic acid groups (broad SMARTS) is 1. The lowest BCUT2D eigenvalue weighted by molar-refractivity contribution is -0.148. The third-order valence-corrected chi connectivity index (χ3v) is 7.36. The first-order chi connectivity index (χ1) is 16.9. The Labute approximate surface area is 201 Å². The smallest absolute Gasteiger partial charge is 0.309 e. The van der Waals surface area contributed by atoms with E-state index in [1.54, 1.807) is 6.07 Å². The van der Waals surface area contributed by atoms with E-state index in [0.717, 1.165) is 46.2 Å². The molecule has 6 nitrogen and oxygen atoms in total. The number of likely N-dealkylation sites (tertiary alicyclic amines) is 1. The summed E-state index contributed by atoms with van der Waals surface area (Å²) in [5.41, 5.74) is 6.97. The van der Waals surface area contributed by atoms with Gasteiger partial charge in [-0.3, -0.25) is 9.69 Å². The zero-order chi connectivity index (χ0) is 24.3. The Hall–Kier alpha value is -4.02. The lowest BCUT2D eigenvalue weighted by Gasteiger charge is -2.41. The van der Waals surface area contributed by atoms with Crippen LogP contribution in [0.25, 0.3) is 33.7 Å². The van der Waals surface area contributed by atoms with Crippen molar-refractivity contribution in [3.8, 4) is 28.7 Å². The molecule has 0 amide bonds. The number of carboxylic acids is 1. The van der Waals surface area contributed by atoms with Crippen molar-refractivity contribution < 1.29 is 18.7 Å². The van der Waals surface area contributed by atoms with Gasteiger partial charge in [-0.25, -0.2) is 9.37 Å². The number of aromatic nitrogens is 1. The summed E-state index contributed by atoms with van der Waals surface area (Å²) in [5.74, 6) is -0.967. The number of fused-ring (bicyclic) bond motifs is 2. The van der Waals surface area contributed by atoms with E-state index in [1.807, 2.05) is 37.3 Å². The number of aliphatic carboxylic acids is 1. The molecule has 4 aromatic rings. The third-order valence-electron chi connectivity index (χ3n) is 7.36. The summed E-state index contributed by atoms with van der Waals surface area (Å²) in [6.07, 6.45) is 1.60. The molecule has 174 valence electrons.